The van der Waals surface area contributed by atoms with E-state index >= 15 is 0 Å². The predicted octanol–water partition coefficient (Wildman–Crippen LogP) is 3.88. The van der Waals surface area contributed by atoms with E-state index < -0.39 is 11.4 Å². The molecule has 3 aromatic heterocycles. The van der Waals surface area contributed by atoms with Gasteiger partial charge >= 0.3 is 0 Å². The average molecular weight is 413 g/mol. The molecule has 7 nitrogen and oxygen atoms in total. The monoisotopic (exact) mass is 413 g/mol. The Morgan fingerprint density at radius 3 is 2.79 bits per heavy atom. The maximum absolute atomic E-state index is 14.3. The van der Waals surface area contributed by atoms with Crippen LogP contribution in [0.15, 0.2) is 30.3 Å². The van der Waals surface area contributed by atoms with E-state index in [1.54, 1.807) is 19.9 Å². The van der Waals surface area contributed by atoms with E-state index in [0.29, 0.717) is 23.4 Å². The summed E-state index contributed by atoms with van der Waals surface area (Å²) in [6.07, 6.45) is 0. The number of ether oxygens (including phenoxy) is 1. The Labute approximate surface area is 170 Å². The van der Waals surface area contributed by atoms with Gasteiger partial charge in [-0.3, -0.25) is 5.10 Å². The van der Waals surface area contributed by atoms with Crippen LogP contribution >= 0.6 is 11.3 Å². The van der Waals surface area contributed by atoms with E-state index in [9.17, 15) is 9.50 Å². The molecule has 0 spiro atoms. The van der Waals surface area contributed by atoms with Crippen LogP contribution in [0.2, 0.25) is 0 Å². The lowest BCUT2D eigenvalue weighted by Crippen LogP contribution is -2.25. The molecule has 0 saturated carbocycles. The molecule has 0 atom stereocenters. The number of nitrogens with one attached hydrogen (secondary N) is 1. The van der Waals surface area contributed by atoms with E-state index in [2.05, 4.69) is 20.4 Å². The van der Waals surface area contributed by atoms with Gasteiger partial charge in [-0.25, -0.2) is 14.4 Å². The number of fused-ring (bicyclic) bond motifs is 1. The van der Waals surface area contributed by atoms with Crippen molar-refractivity contribution in [3.63, 3.8) is 0 Å². The first-order chi connectivity index (χ1) is 13.8. The Morgan fingerprint density at radius 1 is 1.21 bits per heavy atom. The van der Waals surface area contributed by atoms with Gasteiger partial charge in [0.1, 0.15) is 10.5 Å². The molecule has 9 heteroatoms. The molecule has 0 saturated heterocycles. The minimum atomic E-state index is -0.883. The SMILES string of the molecule is Cc1nc(COCC(C)(C)O)sc1-c1cccc(-c2cc(F)c3nn[nH]c3c2)n1. The van der Waals surface area contributed by atoms with Gasteiger partial charge in [0.15, 0.2) is 5.82 Å². The van der Waals surface area contributed by atoms with Crippen molar-refractivity contribution in [2.45, 2.75) is 33.0 Å². The number of H-pyrrole nitrogens is 1. The summed E-state index contributed by atoms with van der Waals surface area (Å²) in [6.45, 7) is 5.86. The molecule has 3 heterocycles. The smallest absolute Gasteiger partial charge is 0.153 e. The first-order valence-corrected chi connectivity index (χ1v) is 9.86. The van der Waals surface area contributed by atoms with Crippen LogP contribution in [0.5, 0.6) is 0 Å². The summed E-state index contributed by atoms with van der Waals surface area (Å²) in [5.74, 6) is -0.446. The maximum atomic E-state index is 14.3. The molecular formula is C20H20FN5O2S. The Morgan fingerprint density at radius 2 is 2.00 bits per heavy atom. The lowest BCUT2D eigenvalue weighted by Gasteiger charge is -2.16. The summed E-state index contributed by atoms with van der Waals surface area (Å²) in [5.41, 5.74) is 2.73. The van der Waals surface area contributed by atoms with E-state index in [0.717, 1.165) is 21.3 Å². The van der Waals surface area contributed by atoms with Crippen molar-refractivity contribution in [1.82, 2.24) is 25.4 Å². The molecule has 29 heavy (non-hydrogen) atoms. The summed E-state index contributed by atoms with van der Waals surface area (Å²) < 4.78 is 19.8. The second-order valence-corrected chi connectivity index (χ2v) is 8.49. The van der Waals surface area contributed by atoms with Gasteiger partial charge in [-0.2, -0.15) is 0 Å². The van der Waals surface area contributed by atoms with Crippen LogP contribution in [-0.4, -0.2) is 42.7 Å². The van der Waals surface area contributed by atoms with Gasteiger partial charge in [0.05, 0.1) is 46.3 Å². The van der Waals surface area contributed by atoms with Crippen LogP contribution in [0.25, 0.3) is 32.9 Å². The van der Waals surface area contributed by atoms with Crippen molar-refractivity contribution in [3.8, 4) is 21.8 Å². The number of nitrogens with zero attached hydrogens (tertiary/aromatic N) is 4. The third-order valence-corrected chi connectivity index (χ3v) is 5.34. The lowest BCUT2D eigenvalue weighted by atomic mass is 10.1. The van der Waals surface area contributed by atoms with Gasteiger partial charge in [0.2, 0.25) is 0 Å². The zero-order valence-electron chi connectivity index (χ0n) is 16.2. The molecular weight excluding hydrogens is 393 g/mol. The van der Waals surface area contributed by atoms with Crippen LogP contribution in [-0.2, 0) is 11.3 Å². The molecule has 0 amide bonds. The fourth-order valence-electron chi connectivity index (χ4n) is 2.92. The number of aromatic amines is 1. The zero-order valence-corrected chi connectivity index (χ0v) is 17.0. The van der Waals surface area contributed by atoms with Gasteiger partial charge in [-0.15, -0.1) is 16.4 Å². The number of aryl methyl sites for hydroxylation is 1. The molecule has 4 rings (SSSR count). The standard InChI is InChI=1S/C20H20FN5O2S/c1-11-19(29-17(22-11)9-28-10-20(2,3)27)15-6-4-5-14(23-15)12-7-13(21)18-16(8-12)24-26-25-18/h4-8,27H,9-10H2,1-3H3,(H,24,25,26). The van der Waals surface area contributed by atoms with Crippen LogP contribution in [0.3, 0.4) is 0 Å². The number of hydrogen-bond acceptors (Lipinski definition) is 7. The Hall–Kier alpha value is -2.75. The first-order valence-electron chi connectivity index (χ1n) is 9.05. The van der Waals surface area contributed by atoms with Crippen molar-refractivity contribution < 1.29 is 14.2 Å². The van der Waals surface area contributed by atoms with Crippen LogP contribution in [0.4, 0.5) is 4.39 Å². The van der Waals surface area contributed by atoms with Gasteiger partial charge in [-0.05, 0) is 45.0 Å². The highest BCUT2D eigenvalue weighted by Gasteiger charge is 2.16. The van der Waals surface area contributed by atoms with Crippen molar-refractivity contribution in [3.05, 3.63) is 46.9 Å². The molecule has 0 radical (unpaired) electrons. The molecule has 0 aliphatic carbocycles. The quantitative estimate of drug-likeness (QED) is 0.498. The topological polar surface area (TPSA) is 96.8 Å². The number of aromatic nitrogens is 5. The predicted molar refractivity (Wildman–Crippen MR) is 109 cm³/mol. The number of hydrogen-bond donors (Lipinski definition) is 2. The van der Waals surface area contributed by atoms with Gasteiger partial charge in [0, 0.05) is 5.56 Å². The van der Waals surface area contributed by atoms with E-state index in [1.807, 2.05) is 25.1 Å². The zero-order chi connectivity index (χ0) is 20.6. The fraction of sp³-hybridized carbons (Fsp3) is 0.300. The Bertz CT molecular complexity index is 1170. The molecule has 150 valence electrons. The molecule has 1 aromatic carbocycles. The molecule has 0 unspecified atom stereocenters. The number of thiazole rings is 1. The first kappa shape index (κ1) is 19.6. The molecule has 0 fully saturated rings. The van der Waals surface area contributed by atoms with Crippen molar-refractivity contribution in [2.24, 2.45) is 0 Å². The van der Waals surface area contributed by atoms with Crippen LogP contribution < -0.4 is 0 Å². The molecule has 0 aliphatic heterocycles. The number of halogens is 1. The van der Waals surface area contributed by atoms with Gasteiger partial charge in [-0.1, -0.05) is 11.3 Å². The second-order valence-electron chi connectivity index (χ2n) is 7.40. The van der Waals surface area contributed by atoms with Crippen molar-refractivity contribution in [1.29, 1.82) is 0 Å². The molecule has 0 aliphatic rings. The summed E-state index contributed by atoms with van der Waals surface area (Å²) >= 11 is 1.49. The van der Waals surface area contributed by atoms with Gasteiger partial charge < -0.3 is 9.84 Å². The van der Waals surface area contributed by atoms with E-state index in [-0.39, 0.29) is 12.1 Å². The minimum absolute atomic E-state index is 0.207. The van der Waals surface area contributed by atoms with Crippen LogP contribution in [0.1, 0.15) is 24.5 Å². The molecule has 4 aromatic rings. The Kier molecular flexibility index (Phi) is 5.12. The fourth-order valence-corrected chi connectivity index (χ4v) is 3.90. The average Bonchev–Trinajstić information content (AvgIpc) is 3.27. The highest BCUT2D eigenvalue weighted by molar-refractivity contribution is 7.15. The highest BCUT2D eigenvalue weighted by Crippen LogP contribution is 2.31. The normalized spacial score (nSPS) is 12.0. The number of benzene rings is 1. The summed E-state index contributed by atoms with van der Waals surface area (Å²) in [7, 11) is 0. The lowest BCUT2D eigenvalue weighted by molar-refractivity contribution is -0.0269. The largest absolute Gasteiger partial charge is 0.388 e. The van der Waals surface area contributed by atoms with E-state index in [1.165, 1.54) is 17.4 Å². The number of rotatable bonds is 6. The Balaban J connectivity index is 1.61. The summed E-state index contributed by atoms with van der Waals surface area (Å²) in [5, 5.41) is 20.6. The molecule has 2 N–H and O–H groups in total. The number of pyridine rings is 1. The second kappa shape index (κ2) is 7.58. The van der Waals surface area contributed by atoms with Crippen LogP contribution in [0, 0.1) is 12.7 Å². The summed E-state index contributed by atoms with van der Waals surface area (Å²) in [4.78, 5) is 10.2. The third-order valence-electron chi connectivity index (χ3n) is 4.18. The minimum Gasteiger partial charge on any atom is -0.388 e. The van der Waals surface area contributed by atoms with E-state index in [4.69, 9.17) is 9.72 Å². The molecule has 0 bridgehead atoms. The maximum Gasteiger partial charge on any atom is 0.153 e. The van der Waals surface area contributed by atoms with Gasteiger partial charge in [0.25, 0.3) is 0 Å². The third kappa shape index (κ3) is 4.31. The number of aliphatic hydroxyl groups is 1. The van der Waals surface area contributed by atoms with Crippen molar-refractivity contribution in [2.75, 3.05) is 6.61 Å². The highest BCUT2D eigenvalue weighted by atomic mass is 32.1. The van der Waals surface area contributed by atoms with Crippen molar-refractivity contribution >= 4 is 22.4 Å². The summed E-state index contributed by atoms with van der Waals surface area (Å²) in [6, 6.07) is 8.80.